The Hall–Kier alpha value is -1.93. The number of thiocarbonyl (C=S) groups is 1. The second kappa shape index (κ2) is 10.2. The highest BCUT2D eigenvalue weighted by atomic mass is 35.6. The van der Waals surface area contributed by atoms with Gasteiger partial charge in [0.2, 0.25) is 3.79 Å². The summed E-state index contributed by atoms with van der Waals surface area (Å²) in [5, 5.41) is 8.52. The van der Waals surface area contributed by atoms with E-state index in [9.17, 15) is 4.79 Å². The fourth-order valence-electron chi connectivity index (χ4n) is 2.44. The van der Waals surface area contributed by atoms with Gasteiger partial charge in [-0.1, -0.05) is 53.0 Å². The van der Waals surface area contributed by atoms with Crippen LogP contribution in [0.3, 0.4) is 0 Å². The maximum Gasteiger partial charge on any atom is 0.253 e. The van der Waals surface area contributed by atoms with Crippen LogP contribution in [0.1, 0.15) is 15.9 Å². The number of amides is 1. The normalized spacial score (nSPS) is 11.9. The van der Waals surface area contributed by atoms with Crippen LogP contribution in [0.25, 0.3) is 0 Å². The number of hydrogen-bond acceptors (Lipinski definition) is 4. The molecule has 0 bridgehead atoms. The van der Waals surface area contributed by atoms with Crippen molar-refractivity contribution in [3.63, 3.8) is 0 Å². The minimum absolute atomic E-state index is 0.109. The zero-order valence-corrected chi connectivity index (χ0v) is 19.0. The summed E-state index contributed by atoms with van der Waals surface area (Å²) in [5.41, 5.74) is 1.79. The molecular formula is C19H20Cl3N3O3S. The van der Waals surface area contributed by atoms with Gasteiger partial charge in [-0.25, -0.2) is 0 Å². The third-order valence-electron chi connectivity index (χ3n) is 3.92. The zero-order valence-electron chi connectivity index (χ0n) is 15.9. The molecule has 0 heterocycles. The van der Waals surface area contributed by atoms with Crippen molar-refractivity contribution in [3.05, 3.63) is 53.6 Å². The third kappa shape index (κ3) is 6.54. The molecule has 10 heteroatoms. The number of benzene rings is 2. The highest BCUT2D eigenvalue weighted by Crippen LogP contribution is 2.31. The molecule has 0 aliphatic heterocycles. The van der Waals surface area contributed by atoms with Gasteiger partial charge in [-0.15, -0.1) is 0 Å². The molecule has 0 aliphatic carbocycles. The lowest BCUT2D eigenvalue weighted by atomic mass is 10.1. The molecule has 0 unspecified atom stereocenters. The summed E-state index contributed by atoms with van der Waals surface area (Å²) in [4.78, 5) is 12.6. The molecular weight excluding hydrogens is 457 g/mol. The lowest BCUT2D eigenvalue weighted by molar-refractivity contribution is 0.0934. The second-order valence-corrected chi connectivity index (χ2v) is 8.70. The third-order valence-corrected chi connectivity index (χ3v) is 4.80. The molecule has 2 aromatic carbocycles. The van der Waals surface area contributed by atoms with Gasteiger partial charge < -0.3 is 25.4 Å². The Balaban J connectivity index is 2.16. The number of methoxy groups -OCH3 is 2. The molecule has 6 nitrogen and oxygen atoms in total. The van der Waals surface area contributed by atoms with E-state index in [0.29, 0.717) is 22.7 Å². The van der Waals surface area contributed by atoms with E-state index < -0.39 is 15.9 Å². The van der Waals surface area contributed by atoms with Crippen LogP contribution in [-0.4, -0.2) is 35.2 Å². The Morgan fingerprint density at radius 1 is 1.07 bits per heavy atom. The van der Waals surface area contributed by atoms with E-state index in [1.807, 2.05) is 19.1 Å². The quantitative estimate of drug-likeness (QED) is 0.326. The van der Waals surface area contributed by atoms with E-state index in [0.717, 1.165) is 5.56 Å². The first kappa shape index (κ1) is 23.3. The second-order valence-electron chi connectivity index (χ2n) is 5.93. The predicted molar refractivity (Wildman–Crippen MR) is 122 cm³/mol. The summed E-state index contributed by atoms with van der Waals surface area (Å²) in [7, 11) is 3.07. The summed E-state index contributed by atoms with van der Waals surface area (Å²) < 4.78 is 8.63. The number of ether oxygens (including phenoxy) is 2. The molecule has 2 aromatic rings. The van der Waals surface area contributed by atoms with Gasteiger partial charge in [-0.3, -0.25) is 4.79 Å². The van der Waals surface area contributed by atoms with Gasteiger partial charge in [0.15, 0.2) is 5.11 Å². The summed E-state index contributed by atoms with van der Waals surface area (Å²) >= 11 is 23.5. The minimum Gasteiger partial charge on any atom is -0.497 e. The fraction of sp³-hybridized carbons (Fsp3) is 0.263. The molecule has 0 fully saturated rings. The van der Waals surface area contributed by atoms with Crippen molar-refractivity contribution in [1.82, 2.24) is 10.6 Å². The molecule has 0 radical (unpaired) electrons. The molecule has 156 valence electrons. The van der Waals surface area contributed by atoms with Crippen LogP contribution in [-0.2, 0) is 0 Å². The van der Waals surface area contributed by atoms with Crippen molar-refractivity contribution in [2.45, 2.75) is 16.9 Å². The number of hydrogen-bond donors (Lipinski definition) is 3. The lowest BCUT2D eigenvalue weighted by Gasteiger charge is -2.28. The molecule has 0 aromatic heterocycles. The number of alkyl halides is 3. The molecule has 1 atom stereocenters. The van der Waals surface area contributed by atoms with E-state index in [1.165, 1.54) is 7.11 Å². The van der Waals surface area contributed by atoms with E-state index in [2.05, 4.69) is 16.0 Å². The predicted octanol–water partition coefficient (Wildman–Crippen LogP) is 4.42. The number of anilines is 1. The minimum atomic E-state index is -1.87. The Labute approximate surface area is 189 Å². The van der Waals surface area contributed by atoms with Crippen LogP contribution in [0.15, 0.2) is 42.5 Å². The zero-order chi connectivity index (χ0) is 21.6. The summed E-state index contributed by atoms with van der Waals surface area (Å²) in [6, 6.07) is 12.2. The molecule has 0 saturated carbocycles. The van der Waals surface area contributed by atoms with Crippen molar-refractivity contribution in [2.24, 2.45) is 0 Å². The molecule has 0 aliphatic rings. The van der Waals surface area contributed by atoms with Gasteiger partial charge >= 0.3 is 0 Å². The van der Waals surface area contributed by atoms with Gasteiger partial charge in [-0.05, 0) is 42.9 Å². The summed E-state index contributed by atoms with van der Waals surface area (Å²) in [6.45, 7) is 1.81. The Bertz CT molecular complexity index is 890. The smallest absolute Gasteiger partial charge is 0.253 e. The van der Waals surface area contributed by atoms with Gasteiger partial charge in [-0.2, -0.15) is 0 Å². The van der Waals surface area contributed by atoms with Gasteiger partial charge in [0.05, 0.1) is 19.9 Å². The fourth-order valence-corrected chi connectivity index (χ4v) is 2.99. The van der Waals surface area contributed by atoms with Crippen molar-refractivity contribution in [2.75, 3.05) is 19.5 Å². The van der Waals surface area contributed by atoms with Crippen LogP contribution >= 0.6 is 47.0 Å². The first-order chi connectivity index (χ1) is 13.7. The van der Waals surface area contributed by atoms with E-state index in [1.54, 1.807) is 37.4 Å². The van der Waals surface area contributed by atoms with Gasteiger partial charge in [0.1, 0.15) is 17.7 Å². The topological polar surface area (TPSA) is 71.6 Å². The molecule has 29 heavy (non-hydrogen) atoms. The van der Waals surface area contributed by atoms with Crippen molar-refractivity contribution >= 4 is 63.7 Å². The number of carbonyl (C=O) groups excluding carboxylic acids is 1. The molecule has 2 rings (SSSR count). The van der Waals surface area contributed by atoms with Crippen LogP contribution in [0, 0.1) is 6.92 Å². The van der Waals surface area contributed by atoms with Crippen LogP contribution in [0.5, 0.6) is 11.5 Å². The lowest BCUT2D eigenvalue weighted by Crippen LogP contribution is -2.56. The van der Waals surface area contributed by atoms with E-state index in [4.69, 9.17) is 56.5 Å². The number of halogens is 3. The number of nitrogens with one attached hydrogen (secondary N) is 3. The van der Waals surface area contributed by atoms with Crippen LogP contribution in [0.4, 0.5) is 5.69 Å². The number of rotatable bonds is 6. The van der Waals surface area contributed by atoms with Gasteiger partial charge in [0, 0.05) is 11.6 Å². The Morgan fingerprint density at radius 2 is 1.76 bits per heavy atom. The number of carbonyl (C=O) groups is 1. The van der Waals surface area contributed by atoms with Gasteiger partial charge in [0.25, 0.3) is 5.91 Å². The molecule has 3 N–H and O–H groups in total. The monoisotopic (exact) mass is 475 g/mol. The maximum atomic E-state index is 12.6. The first-order valence-corrected chi connectivity index (χ1v) is 9.92. The van der Waals surface area contributed by atoms with Crippen LogP contribution in [0.2, 0.25) is 0 Å². The van der Waals surface area contributed by atoms with Crippen LogP contribution < -0.4 is 25.4 Å². The standard InChI is InChI=1S/C19H20Cl3N3O3S/c1-11-6-4-5-7-13(11)16(26)24-17(19(20,21)22)25-18(29)23-14-10-12(27-2)8-9-15(14)28-3/h4-10,17H,1-3H3,(H,24,26)(H2,23,25,29)/t17-/m1/s1. The average molecular weight is 477 g/mol. The first-order valence-electron chi connectivity index (χ1n) is 8.38. The Kier molecular flexibility index (Phi) is 8.22. The number of aryl methyl sites for hydroxylation is 1. The molecule has 1 amide bonds. The van der Waals surface area contributed by atoms with E-state index in [-0.39, 0.29) is 5.11 Å². The van der Waals surface area contributed by atoms with E-state index >= 15 is 0 Å². The molecule has 0 spiro atoms. The SMILES string of the molecule is COc1ccc(OC)c(NC(=S)N[C@@H](NC(=O)c2ccccc2C)C(Cl)(Cl)Cl)c1. The highest BCUT2D eigenvalue weighted by Gasteiger charge is 2.35. The van der Waals surface area contributed by atoms with Crippen molar-refractivity contribution in [1.29, 1.82) is 0 Å². The average Bonchev–Trinajstić information content (AvgIpc) is 2.66. The maximum absolute atomic E-state index is 12.6. The van der Waals surface area contributed by atoms with Crippen molar-refractivity contribution in [3.8, 4) is 11.5 Å². The molecule has 0 saturated heterocycles. The summed E-state index contributed by atoms with van der Waals surface area (Å²) in [5.74, 6) is 0.722. The largest absolute Gasteiger partial charge is 0.497 e. The summed E-state index contributed by atoms with van der Waals surface area (Å²) in [6.07, 6.45) is -1.10. The Morgan fingerprint density at radius 3 is 2.34 bits per heavy atom. The highest BCUT2D eigenvalue weighted by molar-refractivity contribution is 7.80. The van der Waals surface area contributed by atoms with Crippen molar-refractivity contribution < 1.29 is 14.3 Å².